The largest absolute Gasteiger partial charge is 0.411 e. The Labute approximate surface area is 159 Å². The van der Waals surface area contributed by atoms with E-state index in [1.165, 1.54) is 11.8 Å². The number of nitrogens with zero attached hydrogens (tertiary/aromatic N) is 2. The number of hydrogen-bond acceptors (Lipinski definition) is 4. The number of benzene rings is 3. The van der Waals surface area contributed by atoms with Crippen molar-refractivity contribution in [3.63, 3.8) is 0 Å². The van der Waals surface area contributed by atoms with Gasteiger partial charge >= 0.3 is 0 Å². The maximum Gasteiger partial charge on any atom is 0.277 e. The maximum atomic E-state index is 6.20. The summed E-state index contributed by atoms with van der Waals surface area (Å²) in [5.41, 5.74) is 1.91. The van der Waals surface area contributed by atoms with Gasteiger partial charge in [-0.25, -0.2) is 0 Å². The van der Waals surface area contributed by atoms with Crippen LogP contribution in [-0.4, -0.2) is 10.2 Å². The maximum absolute atomic E-state index is 6.20. The SMILES string of the molecule is Clc1ccc(CSc2nnc(-c3cccc4ccccc34)o2)c(Cl)c1. The zero-order valence-corrected chi connectivity index (χ0v) is 15.3. The average molecular weight is 387 g/mol. The summed E-state index contributed by atoms with van der Waals surface area (Å²) in [7, 11) is 0. The van der Waals surface area contributed by atoms with Crippen LogP contribution in [0.15, 0.2) is 70.3 Å². The van der Waals surface area contributed by atoms with E-state index in [1.807, 2.05) is 36.4 Å². The van der Waals surface area contributed by atoms with E-state index in [9.17, 15) is 0 Å². The fourth-order valence-corrected chi connectivity index (χ4v) is 3.89. The molecule has 4 rings (SSSR count). The molecule has 25 heavy (non-hydrogen) atoms. The van der Waals surface area contributed by atoms with Crippen molar-refractivity contribution in [1.82, 2.24) is 10.2 Å². The molecule has 6 heteroatoms. The average Bonchev–Trinajstić information content (AvgIpc) is 3.09. The fourth-order valence-electron chi connectivity index (χ4n) is 2.57. The predicted molar refractivity (Wildman–Crippen MR) is 103 cm³/mol. The quantitative estimate of drug-likeness (QED) is 0.375. The van der Waals surface area contributed by atoms with Crippen molar-refractivity contribution >= 4 is 45.7 Å². The second-order valence-electron chi connectivity index (χ2n) is 5.42. The Balaban J connectivity index is 1.58. The van der Waals surface area contributed by atoms with Crippen LogP contribution in [0.4, 0.5) is 0 Å². The highest BCUT2D eigenvalue weighted by molar-refractivity contribution is 7.98. The minimum Gasteiger partial charge on any atom is -0.411 e. The van der Waals surface area contributed by atoms with Crippen LogP contribution in [0.2, 0.25) is 10.0 Å². The monoisotopic (exact) mass is 386 g/mol. The van der Waals surface area contributed by atoms with Crippen LogP contribution in [0.25, 0.3) is 22.2 Å². The lowest BCUT2D eigenvalue weighted by atomic mass is 10.0. The molecule has 0 spiro atoms. The first kappa shape index (κ1) is 16.5. The van der Waals surface area contributed by atoms with Gasteiger partial charge in [-0.1, -0.05) is 77.4 Å². The van der Waals surface area contributed by atoms with E-state index in [0.29, 0.717) is 26.9 Å². The summed E-state index contributed by atoms with van der Waals surface area (Å²) >= 11 is 13.6. The van der Waals surface area contributed by atoms with E-state index < -0.39 is 0 Å². The Morgan fingerprint density at radius 3 is 2.64 bits per heavy atom. The molecule has 0 atom stereocenters. The first-order chi connectivity index (χ1) is 12.2. The Morgan fingerprint density at radius 2 is 1.76 bits per heavy atom. The van der Waals surface area contributed by atoms with E-state index in [0.717, 1.165) is 21.9 Å². The van der Waals surface area contributed by atoms with E-state index in [4.69, 9.17) is 27.6 Å². The molecule has 0 saturated carbocycles. The summed E-state index contributed by atoms with van der Waals surface area (Å²) in [5.74, 6) is 1.15. The first-order valence-corrected chi connectivity index (χ1v) is 9.33. The molecule has 0 unspecified atom stereocenters. The molecule has 0 aliphatic carbocycles. The molecule has 0 saturated heterocycles. The van der Waals surface area contributed by atoms with Crippen LogP contribution in [0, 0.1) is 0 Å². The van der Waals surface area contributed by atoms with E-state index in [1.54, 1.807) is 6.07 Å². The summed E-state index contributed by atoms with van der Waals surface area (Å²) in [5, 5.41) is 12.3. The van der Waals surface area contributed by atoms with Crippen LogP contribution in [0.5, 0.6) is 0 Å². The van der Waals surface area contributed by atoms with Crippen molar-refractivity contribution in [2.45, 2.75) is 11.0 Å². The van der Waals surface area contributed by atoms with Gasteiger partial charge in [-0.2, -0.15) is 0 Å². The number of fused-ring (bicyclic) bond motifs is 1. The molecule has 0 fully saturated rings. The van der Waals surface area contributed by atoms with E-state index in [-0.39, 0.29) is 0 Å². The molecular weight excluding hydrogens is 375 g/mol. The van der Waals surface area contributed by atoms with Gasteiger partial charge in [0.2, 0.25) is 5.89 Å². The molecule has 0 amide bonds. The number of hydrogen-bond donors (Lipinski definition) is 0. The van der Waals surface area contributed by atoms with Crippen molar-refractivity contribution in [2.24, 2.45) is 0 Å². The zero-order valence-electron chi connectivity index (χ0n) is 12.9. The second-order valence-corrected chi connectivity index (χ2v) is 7.19. The van der Waals surface area contributed by atoms with E-state index in [2.05, 4.69) is 28.4 Å². The highest BCUT2D eigenvalue weighted by Gasteiger charge is 2.12. The lowest BCUT2D eigenvalue weighted by molar-refractivity contribution is 0.466. The van der Waals surface area contributed by atoms with Crippen molar-refractivity contribution < 1.29 is 4.42 Å². The topological polar surface area (TPSA) is 38.9 Å². The molecule has 0 radical (unpaired) electrons. The minimum absolute atomic E-state index is 0.508. The van der Waals surface area contributed by atoms with Gasteiger partial charge in [-0.3, -0.25) is 0 Å². The lowest BCUT2D eigenvalue weighted by Gasteiger charge is -2.03. The smallest absolute Gasteiger partial charge is 0.277 e. The van der Waals surface area contributed by atoms with Gasteiger partial charge in [0.1, 0.15) is 0 Å². The third kappa shape index (κ3) is 3.52. The normalized spacial score (nSPS) is 11.1. The van der Waals surface area contributed by atoms with Gasteiger partial charge in [0.15, 0.2) is 0 Å². The molecule has 1 aromatic heterocycles. The van der Waals surface area contributed by atoms with Crippen molar-refractivity contribution in [1.29, 1.82) is 0 Å². The van der Waals surface area contributed by atoms with Gasteiger partial charge < -0.3 is 4.42 Å². The molecule has 1 heterocycles. The van der Waals surface area contributed by atoms with Crippen molar-refractivity contribution in [2.75, 3.05) is 0 Å². The summed E-state index contributed by atoms with van der Waals surface area (Å²) in [4.78, 5) is 0. The molecule has 124 valence electrons. The molecule has 0 aliphatic heterocycles. The minimum atomic E-state index is 0.508. The van der Waals surface area contributed by atoms with E-state index >= 15 is 0 Å². The first-order valence-electron chi connectivity index (χ1n) is 7.59. The second kappa shape index (κ2) is 7.08. The molecule has 0 bridgehead atoms. The van der Waals surface area contributed by atoms with Crippen LogP contribution >= 0.6 is 35.0 Å². The third-order valence-corrected chi connectivity index (χ3v) is 5.25. The van der Waals surface area contributed by atoms with Crippen LogP contribution in [0.1, 0.15) is 5.56 Å². The number of aromatic nitrogens is 2. The molecular formula is C19H12Cl2N2OS. The fraction of sp³-hybridized carbons (Fsp3) is 0.0526. The van der Waals surface area contributed by atoms with Gasteiger partial charge in [0.05, 0.1) is 0 Å². The van der Waals surface area contributed by atoms with Gasteiger partial charge in [-0.15, -0.1) is 10.2 Å². The predicted octanol–water partition coefficient (Wildman–Crippen LogP) is 6.49. The molecule has 3 nitrogen and oxygen atoms in total. The standard InChI is InChI=1S/C19H12Cl2N2OS/c20-14-9-8-13(17(21)10-14)11-25-19-23-22-18(24-19)16-7-3-5-12-4-1-2-6-15(12)16/h1-10H,11H2. The summed E-state index contributed by atoms with van der Waals surface area (Å²) in [6.07, 6.45) is 0. The van der Waals surface area contributed by atoms with Gasteiger partial charge in [-0.05, 0) is 34.5 Å². The van der Waals surface area contributed by atoms with Crippen LogP contribution in [-0.2, 0) is 5.75 Å². The summed E-state index contributed by atoms with van der Waals surface area (Å²) in [6.45, 7) is 0. The van der Waals surface area contributed by atoms with Gasteiger partial charge in [0.25, 0.3) is 5.22 Å². The highest BCUT2D eigenvalue weighted by atomic mass is 35.5. The highest BCUT2D eigenvalue weighted by Crippen LogP contribution is 2.32. The number of rotatable bonds is 4. The van der Waals surface area contributed by atoms with Crippen LogP contribution < -0.4 is 0 Å². The molecule has 0 aliphatic rings. The molecule has 0 N–H and O–H groups in total. The Bertz CT molecular complexity index is 1040. The van der Waals surface area contributed by atoms with Crippen molar-refractivity contribution in [3.8, 4) is 11.5 Å². The number of halogens is 2. The Kier molecular flexibility index (Phi) is 4.66. The van der Waals surface area contributed by atoms with Crippen molar-refractivity contribution in [3.05, 3.63) is 76.3 Å². The summed E-state index contributed by atoms with van der Waals surface area (Å²) in [6, 6.07) is 19.6. The zero-order chi connectivity index (χ0) is 17.2. The third-order valence-electron chi connectivity index (χ3n) is 3.79. The summed E-state index contributed by atoms with van der Waals surface area (Å²) < 4.78 is 5.83. The Hall–Kier alpha value is -2.01. The van der Waals surface area contributed by atoms with Gasteiger partial charge in [0, 0.05) is 21.4 Å². The Morgan fingerprint density at radius 1 is 0.920 bits per heavy atom. The van der Waals surface area contributed by atoms with Crippen LogP contribution in [0.3, 0.4) is 0 Å². The molecule has 3 aromatic carbocycles. The molecule has 4 aromatic rings. The number of thioether (sulfide) groups is 1. The lowest BCUT2D eigenvalue weighted by Crippen LogP contribution is -1.82.